The predicted molar refractivity (Wildman–Crippen MR) is 111 cm³/mol. The Hall–Kier alpha value is -2.53. The smallest absolute Gasteiger partial charge is 0.193 e. The van der Waals surface area contributed by atoms with Crippen molar-refractivity contribution in [3.05, 3.63) is 60.2 Å². The number of benzene rings is 2. The lowest BCUT2D eigenvalue weighted by atomic mass is 10.2. The standard InChI is InChI=1S/C21H29N5/c1-17-8-10-19(11-9-17)24-21(22)23-16-18(2)25-12-14-26(15-13-25)20-6-4-3-5-7-20/h3-11,18H,12-16H2,1-2H3,(H3,22,23,24). The number of guanidine groups is 1. The molecule has 0 saturated carbocycles. The highest BCUT2D eigenvalue weighted by atomic mass is 15.3. The average molecular weight is 351 g/mol. The first-order valence-electron chi connectivity index (χ1n) is 9.29. The summed E-state index contributed by atoms with van der Waals surface area (Å²) < 4.78 is 0. The Morgan fingerprint density at radius 1 is 1.04 bits per heavy atom. The van der Waals surface area contributed by atoms with Crippen LogP contribution in [0.1, 0.15) is 12.5 Å². The monoisotopic (exact) mass is 351 g/mol. The number of nitrogens with one attached hydrogen (secondary N) is 1. The van der Waals surface area contributed by atoms with Gasteiger partial charge in [-0.1, -0.05) is 35.9 Å². The maximum atomic E-state index is 6.03. The molecule has 2 aromatic rings. The number of nitrogens with zero attached hydrogens (tertiary/aromatic N) is 3. The second-order valence-corrected chi connectivity index (χ2v) is 6.92. The summed E-state index contributed by atoms with van der Waals surface area (Å²) >= 11 is 0. The first-order chi connectivity index (χ1) is 12.6. The van der Waals surface area contributed by atoms with Gasteiger partial charge in [-0.05, 0) is 38.1 Å². The highest BCUT2D eigenvalue weighted by Gasteiger charge is 2.20. The maximum absolute atomic E-state index is 6.03. The molecule has 1 heterocycles. The number of aryl methyl sites for hydroxylation is 1. The molecule has 1 unspecified atom stereocenters. The highest BCUT2D eigenvalue weighted by Crippen LogP contribution is 2.16. The van der Waals surface area contributed by atoms with E-state index in [2.05, 4.69) is 76.4 Å². The van der Waals surface area contributed by atoms with Crippen molar-refractivity contribution in [2.45, 2.75) is 19.9 Å². The molecule has 1 fully saturated rings. The number of nitrogens with two attached hydrogens (primary N) is 1. The van der Waals surface area contributed by atoms with Gasteiger partial charge in [0.15, 0.2) is 5.96 Å². The third kappa shape index (κ3) is 4.99. The molecule has 0 aliphatic carbocycles. The van der Waals surface area contributed by atoms with Gasteiger partial charge in [-0.2, -0.15) is 0 Å². The fraction of sp³-hybridized carbons (Fsp3) is 0.381. The van der Waals surface area contributed by atoms with E-state index in [0.717, 1.165) is 31.9 Å². The SMILES string of the molecule is Cc1ccc(NC(N)=NCC(C)N2CCN(c3ccccc3)CC2)cc1. The Balaban J connectivity index is 1.46. The summed E-state index contributed by atoms with van der Waals surface area (Å²) in [5, 5.41) is 3.16. The molecule has 3 rings (SSSR count). The lowest BCUT2D eigenvalue weighted by Crippen LogP contribution is -2.50. The van der Waals surface area contributed by atoms with E-state index < -0.39 is 0 Å². The van der Waals surface area contributed by atoms with E-state index in [9.17, 15) is 0 Å². The summed E-state index contributed by atoms with van der Waals surface area (Å²) in [6, 6.07) is 19.2. The molecule has 0 amide bonds. The van der Waals surface area contributed by atoms with Crippen molar-refractivity contribution in [3.63, 3.8) is 0 Å². The molecule has 0 bridgehead atoms. The molecule has 0 aromatic heterocycles. The first kappa shape index (κ1) is 18.3. The lowest BCUT2D eigenvalue weighted by molar-refractivity contribution is 0.201. The second kappa shape index (κ2) is 8.72. The molecule has 3 N–H and O–H groups in total. The van der Waals surface area contributed by atoms with E-state index in [1.54, 1.807) is 0 Å². The Kier molecular flexibility index (Phi) is 6.12. The number of rotatable bonds is 5. The van der Waals surface area contributed by atoms with Crippen molar-refractivity contribution in [1.82, 2.24) is 4.90 Å². The van der Waals surface area contributed by atoms with Crippen LogP contribution in [0, 0.1) is 6.92 Å². The Morgan fingerprint density at radius 2 is 1.69 bits per heavy atom. The summed E-state index contributed by atoms with van der Waals surface area (Å²) in [4.78, 5) is 9.45. The van der Waals surface area contributed by atoms with Crippen LogP contribution in [0.4, 0.5) is 11.4 Å². The van der Waals surface area contributed by atoms with E-state index in [-0.39, 0.29) is 0 Å². The van der Waals surface area contributed by atoms with Gasteiger partial charge in [0.25, 0.3) is 0 Å². The molecule has 5 heteroatoms. The molecular formula is C21H29N5. The van der Waals surface area contributed by atoms with Gasteiger partial charge in [-0.3, -0.25) is 9.89 Å². The van der Waals surface area contributed by atoms with Gasteiger partial charge in [-0.15, -0.1) is 0 Å². The van der Waals surface area contributed by atoms with Crippen LogP contribution in [0.3, 0.4) is 0 Å². The summed E-state index contributed by atoms with van der Waals surface area (Å²) in [5.41, 5.74) is 9.55. The fourth-order valence-corrected chi connectivity index (χ4v) is 3.23. The van der Waals surface area contributed by atoms with Crippen LogP contribution < -0.4 is 16.0 Å². The zero-order chi connectivity index (χ0) is 18.4. The summed E-state index contributed by atoms with van der Waals surface area (Å²) in [7, 11) is 0. The van der Waals surface area contributed by atoms with Gasteiger partial charge in [0, 0.05) is 43.6 Å². The zero-order valence-electron chi connectivity index (χ0n) is 15.7. The minimum absolute atomic E-state index is 0.381. The predicted octanol–water partition coefficient (Wildman–Crippen LogP) is 2.93. The van der Waals surface area contributed by atoms with E-state index >= 15 is 0 Å². The number of hydrogen-bond acceptors (Lipinski definition) is 3. The van der Waals surface area contributed by atoms with Crippen molar-refractivity contribution in [2.24, 2.45) is 10.7 Å². The van der Waals surface area contributed by atoms with Crippen LogP contribution in [0.25, 0.3) is 0 Å². The Bertz CT molecular complexity index is 703. The molecule has 5 nitrogen and oxygen atoms in total. The van der Waals surface area contributed by atoms with E-state index in [4.69, 9.17) is 5.73 Å². The van der Waals surface area contributed by atoms with E-state index in [1.807, 2.05) is 12.1 Å². The van der Waals surface area contributed by atoms with Crippen LogP contribution in [-0.4, -0.2) is 49.6 Å². The molecule has 138 valence electrons. The summed E-state index contributed by atoms with van der Waals surface area (Å²) in [6.07, 6.45) is 0. The number of hydrogen-bond donors (Lipinski definition) is 2. The van der Waals surface area contributed by atoms with Crippen molar-refractivity contribution >= 4 is 17.3 Å². The van der Waals surface area contributed by atoms with Crippen LogP contribution >= 0.6 is 0 Å². The van der Waals surface area contributed by atoms with Crippen molar-refractivity contribution < 1.29 is 0 Å². The molecule has 26 heavy (non-hydrogen) atoms. The summed E-state index contributed by atoms with van der Waals surface area (Å²) in [5.74, 6) is 0.476. The van der Waals surface area contributed by atoms with Gasteiger partial charge in [0.05, 0.1) is 6.54 Å². The fourth-order valence-electron chi connectivity index (χ4n) is 3.23. The van der Waals surface area contributed by atoms with Gasteiger partial charge in [0.2, 0.25) is 0 Å². The Labute approximate surface area is 156 Å². The highest BCUT2D eigenvalue weighted by molar-refractivity contribution is 5.92. The van der Waals surface area contributed by atoms with Crippen molar-refractivity contribution in [2.75, 3.05) is 42.9 Å². The quantitative estimate of drug-likeness (QED) is 0.642. The number of piperazine rings is 1. The van der Waals surface area contributed by atoms with Crippen LogP contribution in [0.5, 0.6) is 0 Å². The lowest BCUT2D eigenvalue weighted by Gasteiger charge is -2.38. The van der Waals surface area contributed by atoms with E-state index in [0.29, 0.717) is 18.5 Å². The number of para-hydroxylation sites is 1. The molecule has 2 aromatic carbocycles. The Morgan fingerprint density at radius 3 is 2.35 bits per heavy atom. The van der Waals surface area contributed by atoms with Crippen molar-refractivity contribution in [1.29, 1.82) is 0 Å². The van der Waals surface area contributed by atoms with E-state index in [1.165, 1.54) is 11.3 Å². The minimum atomic E-state index is 0.381. The zero-order valence-corrected chi connectivity index (χ0v) is 15.7. The van der Waals surface area contributed by atoms with Crippen LogP contribution in [-0.2, 0) is 0 Å². The third-order valence-electron chi connectivity index (χ3n) is 4.91. The summed E-state index contributed by atoms with van der Waals surface area (Å²) in [6.45, 7) is 9.20. The first-order valence-corrected chi connectivity index (χ1v) is 9.29. The maximum Gasteiger partial charge on any atom is 0.193 e. The molecule has 1 saturated heterocycles. The second-order valence-electron chi connectivity index (χ2n) is 6.92. The van der Waals surface area contributed by atoms with Crippen molar-refractivity contribution in [3.8, 4) is 0 Å². The van der Waals surface area contributed by atoms with Gasteiger partial charge >= 0.3 is 0 Å². The van der Waals surface area contributed by atoms with Gasteiger partial charge in [0.1, 0.15) is 0 Å². The molecular weight excluding hydrogens is 322 g/mol. The molecule has 1 aliphatic rings. The van der Waals surface area contributed by atoms with Crippen LogP contribution in [0.2, 0.25) is 0 Å². The molecule has 1 atom stereocenters. The molecule has 0 radical (unpaired) electrons. The van der Waals surface area contributed by atoms with Crippen LogP contribution in [0.15, 0.2) is 59.6 Å². The molecule has 0 spiro atoms. The topological polar surface area (TPSA) is 56.9 Å². The van der Waals surface area contributed by atoms with Gasteiger partial charge in [-0.25, -0.2) is 0 Å². The third-order valence-corrected chi connectivity index (χ3v) is 4.91. The largest absolute Gasteiger partial charge is 0.370 e. The minimum Gasteiger partial charge on any atom is -0.370 e. The number of anilines is 2. The van der Waals surface area contributed by atoms with Gasteiger partial charge < -0.3 is 16.0 Å². The molecule has 1 aliphatic heterocycles. The average Bonchev–Trinajstić information content (AvgIpc) is 2.69. The number of aliphatic imine (C=N–C) groups is 1. The normalized spacial score (nSPS) is 17.2.